The minimum absolute atomic E-state index is 0.781. The van der Waals surface area contributed by atoms with Gasteiger partial charge >= 0.3 is 0 Å². The molecule has 0 saturated heterocycles. The summed E-state index contributed by atoms with van der Waals surface area (Å²) in [6.45, 7) is 6.24. The van der Waals surface area contributed by atoms with Crippen LogP contribution >= 0.6 is 0 Å². The monoisotopic (exact) mass is 358 g/mol. The molecule has 27 heavy (non-hydrogen) atoms. The Kier molecular flexibility index (Phi) is 5.81. The first-order valence-corrected chi connectivity index (χ1v) is 11.1. The van der Waals surface area contributed by atoms with Gasteiger partial charge in [0.25, 0.3) is 0 Å². The van der Waals surface area contributed by atoms with E-state index in [-0.39, 0.29) is 0 Å². The molecule has 0 aromatic heterocycles. The zero-order valence-electron chi connectivity index (χ0n) is 16.9. The topological polar surface area (TPSA) is 0 Å². The fourth-order valence-corrected chi connectivity index (χ4v) is 5.37. The van der Waals surface area contributed by atoms with Crippen molar-refractivity contribution in [2.45, 2.75) is 64.7 Å². The fourth-order valence-electron chi connectivity index (χ4n) is 5.37. The lowest BCUT2D eigenvalue weighted by atomic mass is 9.69. The number of hydrogen-bond acceptors (Lipinski definition) is 0. The summed E-state index contributed by atoms with van der Waals surface area (Å²) in [7, 11) is 0. The highest BCUT2D eigenvalue weighted by atomic mass is 14.3. The number of fused-ring (bicyclic) bond motifs is 1. The molecule has 1 fully saturated rings. The van der Waals surface area contributed by atoms with Crippen LogP contribution in [0.1, 0.15) is 62.1 Å². The van der Waals surface area contributed by atoms with Crippen molar-refractivity contribution in [1.29, 1.82) is 0 Å². The quantitative estimate of drug-likeness (QED) is 0.488. The van der Waals surface area contributed by atoms with Crippen molar-refractivity contribution in [2.75, 3.05) is 0 Å². The van der Waals surface area contributed by atoms with E-state index in [9.17, 15) is 0 Å². The Bertz CT molecular complexity index is 759. The summed E-state index contributed by atoms with van der Waals surface area (Å²) in [6, 6.07) is 16.4. The molecule has 2 aromatic rings. The second-order valence-electron chi connectivity index (χ2n) is 8.84. The Balaban J connectivity index is 1.44. The molecule has 2 aliphatic rings. The Morgan fingerprint density at radius 1 is 0.852 bits per heavy atom. The maximum atomic E-state index is 4.00. The van der Waals surface area contributed by atoms with Crippen molar-refractivity contribution in [2.24, 2.45) is 17.8 Å². The van der Waals surface area contributed by atoms with Crippen molar-refractivity contribution in [3.63, 3.8) is 0 Å². The molecule has 0 amide bonds. The molecular weight excluding hydrogens is 324 g/mol. The summed E-state index contributed by atoms with van der Waals surface area (Å²) in [5.74, 6) is 2.63. The summed E-state index contributed by atoms with van der Waals surface area (Å²) in [5.41, 5.74) is 7.42. The van der Waals surface area contributed by atoms with Crippen LogP contribution in [0.25, 0.3) is 11.1 Å². The molecule has 1 unspecified atom stereocenters. The lowest BCUT2D eigenvalue weighted by Crippen LogP contribution is -2.26. The van der Waals surface area contributed by atoms with E-state index >= 15 is 0 Å². The molecule has 0 nitrogen and oxygen atoms in total. The van der Waals surface area contributed by atoms with E-state index in [2.05, 4.69) is 62.0 Å². The zero-order chi connectivity index (χ0) is 18.6. The van der Waals surface area contributed by atoms with Gasteiger partial charge in [0, 0.05) is 0 Å². The third-order valence-electron chi connectivity index (χ3n) is 7.12. The van der Waals surface area contributed by atoms with Crippen molar-refractivity contribution in [3.05, 3.63) is 71.8 Å². The molecule has 0 heterocycles. The smallest absolute Gasteiger partial charge is 0.0181 e. The first kappa shape index (κ1) is 18.5. The van der Waals surface area contributed by atoms with Crippen molar-refractivity contribution >= 4 is 0 Å². The SMILES string of the molecule is C=CC1CCC(C2CCc3cc(-c4ccc(CCC)cc4)ccc3C2)CC1. The number of rotatable bonds is 5. The predicted octanol–water partition coefficient (Wildman–Crippen LogP) is 7.40. The van der Waals surface area contributed by atoms with Crippen LogP contribution < -0.4 is 0 Å². The highest BCUT2D eigenvalue weighted by molar-refractivity contribution is 5.65. The van der Waals surface area contributed by atoms with Gasteiger partial charge in [-0.2, -0.15) is 0 Å². The molecule has 0 aliphatic heterocycles. The highest BCUT2D eigenvalue weighted by Crippen LogP contribution is 2.40. The Morgan fingerprint density at radius 3 is 2.30 bits per heavy atom. The van der Waals surface area contributed by atoms with Gasteiger partial charge in [0.15, 0.2) is 0 Å². The van der Waals surface area contributed by atoms with Crippen LogP contribution in [0.5, 0.6) is 0 Å². The molecule has 4 rings (SSSR count). The minimum atomic E-state index is 0.781. The average Bonchev–Trinajstić information content (AvgIpc) is 2.74. The minimum Gasteiger partial charge on any atom is -0.103 e. The van der Waals surface area contributed by atoms with Gasteiger partial charge in [0.1, 0.15) is 0 Å². The Morgan fingerprint density at radius 2 is 1.59 bits per heavy atom. The van der Waals surface area contributed by atoms with Crippen LogP contribution in [-0.4, -0.2) is 0 Å². The summed E-state index contributed by atoms with van der Waals surface area (Å²) >= 11 is 0. The molecule has 2 aromatic carbocycles. The maximum absolute atomic E-state index is 4.00. The van der Waals surface area contributed by atoms with Crippen molar-refractivity contribution in [3.8, 4) is 11.1 Å². The van der Waals surface area contributed by atoms with Crippen LogP contribution in [0, 0.1) is 17.8 Å². The lowest BCUT2D eigenvalue weighted by molar-refractivity contribution is 0.206. The molecule has 0 N–H and O–H groups in total. The molecular formula is C27H34. The second-order valence-corrected chi connectivity index (χ2v) is 8.84. The van der Waals surface area contributed by atoms with Gasteiger partial charge in [-0.25, -0.2) is 0 Å². The van der Waals surface area contributed by atoms with Crippen LogP contribution in [0.4, 0.5) is 0 Å². The average molecular weight is 359 g/mol. The summed E-state index contributed by atoms with van der Waals surface area (Å²) in [6.07, 6.45) is 14.1. The molecule has 1 atom stereocenters. The molecule has 2 aliphatic carbocycles. The molecule has 142 valence electrons. The van der Waals surface area contributed by atoms with Gasteiger partial charge in [-0.1, -0.05) is 61.9 Å². The van der Waals surface area contributed by atoms with E-state index in [1.54, 1.807) is 11.1 Å². The van der Waals surface area contributed by atoms with Gasteiger partial charge in [-0.3, -0.25) is 0 Å². The maximum Gasteiger partial charge on any atom is -0.0181 e. The number of benzene rings is 2. The Hall–Kier alpha value is -1.82. The van der Waals surface area contributed by atoms with E-state index in [4.69, 9.17) is 0 Å². The third kappa shape index (κ3) is 4.21. The van der Waals surface area contributed by atoms with Crippen LogP contribution in [0.3, 0.4) is 0 Å². The van der Waals surface area contributed by atoms with Gasteiger partial charge in [0.05, 0.1) is 0 Å². The number of allylic oxidation sites excluding steroid dienone is 1. The third-order valence-corrected chi connectivity index (χ3v) is 7.12. The second kappa shape index (κ2) is 8.46. The van der Waals surface area contributed by atoms with Crippen LogP contribution in [-0.2, 0) is 19.3 Å². The van der Waals surface area contributed by atoms with Gasteiger partial charge in [-0.15, -0.1) is 6.58 Å². The van der Waals surface area contributed by atoms with Gasteiger partial charge < -0.3 is 0 Å². The standard InChI is InChI=1S/C27H34/c1-3-5-21-8-12-23(13-9-21)25-15-17-26-18-24(14-16-27(26)19-25)22-10-6-20(4-2)7-11-22/h4,8-9,12-13,15,17,19-20,22,24H,2-3,5-7,10-11,14,16,18H2,1H3. The van der Waals surface area contributed by atoms with Crippen LogP contribution in [0.15, 0.2) is 55.1 Å². The molecule has 0 bridgehead atoms. The van der Waals surface area contributed by atoms with Gasteiger partial charge in [-0.05, 0) is 96.9 Å². The van der Waals surface area contributed by atoms with E-state index in [1.807, 2.05) is 0 Å². The van der Waals surface area contributed by atoms with E-state index in [0.29, 0.717) is 0 Å². The normalized spacial score (nSPS) is 25.0. The number of hydrogen-bond donors (Lipinski definition) is 0. The first-order chi connectivity index (χ1) is 13.3. The fraction of sp³-hybridized carbons (Fsp3) is 0.481. The lowest BCUT2D eigenvalue weighted by Gasteiger charge is -2.36. The van der Waals surface area contributed by atoms with Crippen molar-refractivity contribution in [1.82, 2.24) is 0 Å². The van der Waals surface area contributed by atoms with E-state index < -0.39 is 0 Å². The Labute approximate surface area is 165 Å². The van der Waals surface area contributed by atoms with E-state index in [1.165, 1.54) is 74.5 Å². The number of aryl methyl sites for hydroxylation is 2. The summed E-state index contributed by atoms with van der Waals surface area (Å²) < 4.78 is 0. The first-order valence-electron chi connectivity index (χ1n) is 11.1. The molecule has 0 heteroatoms. The van der Waals surface area contributed by atoms with E-state index in [0.717, 1.165) is 17.8 Å². The summed E-state index contributed by atoms with van der Waals surface area (Å²) in [5, 5.41) is 0. The summed E-state index contributed by atoms with van der Waals surface area (Å²) in [4.78, 5) is 0. The zero-order valence-corrected chi connectivity index (χ0v) is 16.9. The molecule has 0 spiro atoms. The highest BCUT2D eigenvalue weighted by Gasteiger charge is 2.29. The van der Waals surface area contributed by atoms with Gasteiger partial charge in [0.2, 0.25) is 0 Å². The largest absolute Gasteiger partial charge is 0.103 e. The van der Waals surface area contributed by atoms with Crippen LogP contribution in [0.2, 0.25) is 0 Å². The molecule has 1 saturated carbocycles. The molecule has 0 radical (unpaired) electrons. The predicted molar refractivity (Wildman–Crippen MR) is 117 cm³/mol. The van der Waals surface area contributed by atoms with Crippen molar-refractivity contribution < 1.29 is 0 Å².